The first-order valence-corrected chi connectivity index (χ1v) is 9.71. The maximum atomic E-state index is 12.3. The topological polar surface area (TPSA) is 82.7 Å². The fourth-order valence-corrected chi connectivity index (χ4v) is 3.33. The Hall–Kier alpha value is -3.74. The van der Waals surface area contributed by atoms with Crippen molar-refractivity contribution in [3.05, 3.63) is 77.3 Å². The van der Waals surface area contributed by atoms with Crippen LogP contribution in [0.5, 0.6) is 5.75 Å². The minimum atomic E-state index is -0.441. The van der Waals surface area contributed by atoms with Gasteiger partial charge in [-0.3, -0.25) is 5.10 Å². The van der Waals surface area contributed by atoms with Crippen LogP contribution in [-0.4, -0.2) is 29.9 Å². The van der Waals surface area contributed by atoms with E-state index in [1.54, 1.807) is 37.5 Å². The van der Waals surface area contributed by atoms with Crippen LogP contribution in [0.2, 0.25) is 0 Å². The quantitative estimate of drug-likeness (QED) is 0.696. The molecule has 0 radical (unpaired) electrons. The number of hydrogen-bond acceptors (Lipinski definition) is 6. The molecule has 4 rings (SSSR count). The smallest absolute Gasteiger partial charge is 0.341 e. The molecule has 2 heterocycles. The number of fused-ring (bicyclic) bond motifs is 1. The van der Waals surface area contributed by atoms with Gasteiger partial charge in [0.1, 0.15) is 23.8 Å². The van der Waals surface area contributed by atoms with Crippen molar-refractivity contribution >= 4 is 22.9 Å². The molecule has 0 saturated carbocycles. The Morgan fingerprint density at radius 1 is 1.30 bits per heavy atom. The summed E-state index contributed by atoms with van der Waals surface area (Å²) in [6.07, 6.45) is 14.7. The summed E-state index contributed by atoms with van der Waals surface area (Å²) in [6, 6.07) is 3.40. The van der Waals surface area contributed by atoms with Crippen molar-refractivity contribution in [2.75, 3.05) is 13.7 Å². The zero-order valence-electron chi connectivity index (χ0n) is 16.8. The van der Waals surface area contributed by atoms with Crippen molar-refractivity contribution in [3.63, 3.8) is 0 Å². The summed E-state index contributed by atoms with van der Waals surface area (Å²) in [5.41, 5.74) is 2.79. The number of rotatable bonds is 6. The average molecular weight is 406 g/mol. The number of esters is 1. The van der Waals surface area contributed by atoms with E-state index in [0.717, 1.165) is 18.4 Å². The number of hydrogen-bond donors (Lipinski definition) is 1. The molecule has 0 bridgehead atoms. The van der Waals surface area contributed by atoms with Gasteiger partial charge < -0.3 is 18.9 Å². The zero-order valence-corrected chi connectivity index (χ0v) is 16.8. The molecule has 7 heteroatoms. The van der Waals surface area contributed by atoms with E-state index in [1.165, 1.54) is 13.4 Å². The molecule has 2 aromatic rings. The third-order valence-corrected chi connectivity index (χ3v) is 4.73. The number of carbonyl (C=O) groups excluding carboxylic acids is 1. The minimum absolute atomic E-state index is 0.283. The van der Waals surface area contributed by atoms with Crippen molar-refractivity contribution in [1.82, 2.24) is 10.2 Å². The summed E-state index contributed by atoms with van der Waals surface area (Å²) < 4.78 is 22.1. The number of allylic oxidation sites excluding steroid dienone is 5. The number of nitrogens with one attached hydrogen (secondary N) is 1. The minimum Gasteiger partial charge on any atom is -0.495 e. The lowest BCUT2D eigenvalue weighted by Crippen LogP contribution is -2.07. The van der Waals surface area contributed by atoms with E-state index in [2.05, 4.69) is 16.3 Å². The maximum Gasteiger partial charge on any atom is 0.341 e. The molecule has 2 aliphatic rings. The van der Waals surface area contributed by atoms with Crippen LogP contribution in [0.25, 0.3) is 17.0 Å². The van der Waals surface area contributed by atoms with Crippen molar-refractivity contribution in [1.29, 1.82) is 0 Å². The number of benzene rings is 1. The monoisotopic (exact) mass is 406 g/mol. The molecule has 1 N–H and O–H groups in total. The second-order valence-corrected chi connectivity index (χ2v) is 6.63. The summed E-state index contributed by atoms with van der Waals surface area (Å²) >= 11 is 0. The van der Waals surface area contributed by atoms with Gasteiger partial charge in [-0.2, -0.15) is 5.10 Å². The SMILES string of the molecule is CCOC(=O)c1ccc2n[nH]c(C=CC3=COC=C(C4=CC=CCC4)O3)c2c1OC. The number of methoxy groups -OCH3 is 1. The van der Waals surface area contributed by atoms with Crippen LogP contribution < -0.4 is 4.74 Å². The number of nitrogens with zero attached hydrogens (tertiary/aromatic N) is 1. The van der Waals surface area contributed by atoms with E-state index < -0.39 is 5.97 Å². The van der Waals surface area contributed by atoms with Gasteiger partial charge in [0.15, 0.2) is 11.5 Å². The molecule has 0 unspecified atom stereocenters. The van der Waals surface area contributed by atoms with E-state index in [0.29, 0.717) is 39.4 Å². The molecule has 1 aliphatic heterocycles. The van der Waals surface area contributed by atoms with Crippen LogP contribution in [0.15, 0.2) is 66.1 Å². The van der Waals surface area contributed by atoms with Gasteiger partial charge in [0.25, 0.3) is 0 Å². The zero-order chi connectivity index (χ0) is 20.9. The van der Waals surface area contributed by atoms with Gasteiger partial charge in [0, 0.05) is 0 Å². The van der Waals surface area contributed by atoms with Crippen LogP contribution in [0.1, 0.15) is 35.8 Å². The Morgan fingerprint density at radius 3 is 2.97 bits per heavy atom. The highest BCUT2D eigenvalue weighted by Crippen LogP contribution is 2.33. The fraction of sp³-hybridized carbons (Fsp3) is 0.217. The van der Waals surface area contributed by atoms with E-state index in [4.69, 9.17) is 18.9 Å². The van der Waals surface area contributed by atoms with Gasteiger partial charge in [-0.05, 0) is 49.6 Å². The third kappa shape index (κ3) is 3.87. The number of H-pyrrole nitrogens is 1. The van der Waals surface area contributed by atoms with Crippen molar-refractivity contribution in [3.8, 4) is 5.75 Å². The van der Waals surface area contributed by atoms with Crippen molar-refractivity contribution in [2.45, 2.75) is 19.8 Å². The lowest BCUT2D eigenvalue weighted by molar-refractivity contribution is 0.0523. The van der Waals surface area contributed by atoms with Crippen molar-refractivity contribution in [2.24, 2.45) is 0 Å². The van der Waals surface area contributed by atoms with Crippen LogP contribution in [0, 0.1) is 0 Å². The molecule has 1 aromatic carbocycles. The van der Waals surface area contributed by atoms with Crippen LogP contribution in [-0.2, 0) is 14.2 Å². The van der Waals surface area contributed by atoms with Gasteiger partial charge in [-0.15, -0.1) is 0 Å². The first-order chi connectivity index (χ1) is 14.7. The van der Waals surface area contributed by atoms with Crippen LogP contribution in [0.3, 0.4) is 0 Å². The fourth-order valence-electron chi connectivity index (χ4n) is 3.33. The number of carbonyl (C=O) groups is 1. The lowest BCUT2D eigenvalue weighted by Gasteiger charge is -2.17. The Bertz CT molecular complexity index is 1120. The first kappa shape index (κ1) is 19.6. The third-order valence-electron chi connectivity index (χ3n) is 4.73. The Morgan fingerprint density at radius 2 is 2.20 bits per heavy atom. The highest BCUT2D eigenvalue weighted by molar-refractivity contribution is 6.02. The second-order valence-electron chi connectivity index (χ2n) is 6.63. The van der Waals surface area contributed by atoms with Gasteiger partial charge in [0.2, 0.25) is 0 Å². The molecule has 1 aliphatic carbocycles. The predicted molar refractivity (Wildman–Crippen MR) is 112 cm³/mol. The van der Waals surface area contributed by atoms with Crippen LogP contribution in [0.4, 0.5) is 0 Å². The molecule has 154 valence electrons. The first-order valence-electron chi connectivity index (χ1n) is 9.71. The summed E-state index contributed by atoms with van der Waals surface area (Å²) in [7, 11) is 1.52. The highest BCUT2D eigenvalue weighted by Gasteiger charge is 2.20. The van der Waals surface area contributed by atoms with Gasteiger partial charge in [0.05, 0.1) is 30.3 Å². The van der Waals surface area contributed by atoms with Gasteiger partial charge >= 0.3 is 5.97 Å². The maximum absolute atomic E-state index is 12.3. The Labute approximate surface area is 174 Å². The molecular weight excluding hydrogens is 384 g/mol. The molecule has 7 nitrogen and oxygen atoms in total. The second kappa shape index (κ2) is 8.73. The average Bonchev–Trinajstić information content (AvgIpc) is 3.21. The van der Waals surface area contributed by atoms with Crippen molar-refractivity contribution < 1.29 is 23.7 Å². The normalized spacial score (nSPS) is 15.9. The molecule has 1 aromatic heterocycles. The van der Waals surface area contributed by atoms with E-state index in [-0.39, 0.29) is 6.61 Å². The summed E-state index contributed by atoms with van der Waals surface area (Å²) in [6.45, 7) is 2.04. The number of aromatic nitrogens is 2. The van der Waals surface area contributed by atoms with Gasteiger partial charge in [-0.1, -0.05) is 18.2 Å². The largest absolute Gasteiger partial charge is 0.495 e. The van der Waals surface area contributed by atoms with E-state index >= 15 is 0 Å². The van der Waals surface area contributed by atoms with E-state index in [1.807, 2.05) is 12.2 Å². The lowest BCUT2D eigenvalue weighted by atomic mass is 10.0. The Balaban J connectivity index is 1.61. The molecule has 0 atom stereocenters. The van der Waals surface area contributed by atoms with E-state index in [9.17, 15) is 4.79 Å². The standard InChI is InChI=1S/C23H22N2O5/c1-3-29-23(26)17-10-12-19-21(22(17)27-2)18(24-25-19)11-9-16-13-28-14-20(30-16)15-7-5-4-6-8-15/h4-5,7,9-14H,3,6,8H2,1-2H3,(H,24,25). The molecule has 30 heavy (non-hydrogen) atoms. The summed E-state index contributed by atoms with van der Waals surface area (Å²) in [5, 5.41) is 7.96. The summed E-state index contributed by atoms with van der Waals surface area (Å²) in [4.78, 5) is 12.3. The predicted octanol–water partition coefficient (Wildman–Crippen LogP) is 4.77. The highest BCUT2D eigenvalue weighted by atomic mass is 16.5. The molecule has 0 amide bonds. The van der Waals surface area contributed by atoms with Crippen LogP contribution >= 0.6 is 0 Å². The molecule has 0 spiro atoms. The molecule has 0 fully saturated rings. The summed E-state index contributed by atoms with van der Waals surface area (Å²) in [5.74, 6) is 1.21. The number of ether oxygens (including phenoxy) is 4. The number of aromatic amines is 1. The Kier molecular flexibility index (Phi) is 5.70. The molecular formula is C23H22N2O5. The molecule has 0 saturated heterocycles. The van der Waals surface area contributed by atoms with Gasteiger partial charge in [-0.25, -0.2) is 4.79 Å².